The van der Waals surface area contributed by atoms with E-state index in [0.29, 0.717) is 72.8 Å². The zero-order valence-corrected chi connectivity index (χ0v) is 47.3. The number of hydrogen-bond acceptors (Lipinski definition) is 8. The molecule has 12 nitrogen and oxygen atoms in total. The van der Waals surface area contributed by atoms with Gasteiger partial charge in [0.15, 0.2) is 5.78 Å². The van der Waals surface area contributed by atoms with Crippen LogP contribution in [0.15, 0.2) is 42.5 Å². The van der Waals surface area contributed by atoms with Gasteiger partial charge >= 0.3 is 55.5 Å². The number of likely N-dealkylation sites (tertiary alicyclic amines) is 1. The van der Waals surface area contributed by atoms with Gasteiger partial charge in [0, 0.05) is 55.4 Å². The van der Waals surface area contributed by atoms with Crippen molar-refractivity contribution < 1.29 is 43.4 Å². The monoisotopic (exact) mass is 1170 g/mol. The Morgan fingerprint density at radius 1 is 0.954 bits per heavy atom. The summed E-state index contributed by atoms with van der Waals surface area (Å²) in [5.41, 5.74) is -0.0783. The predicted molar refractivity (Wildman–Crippen MR) is 276 cm³/mol. The average molecular weight is 1170 g/mol. The van der Waals surface area contributed by atoms with E-state index in [1.165, 1.54) is 11.5 Å². The maximum absolute atomic E-state index is 14.2. The Bertz CT molecular complexity index is 1590. The number of Topliss-reactive ketones (excluding diaryl/α,β-unsaturated/α-hetero) is 1. The SMILES string of the molecule is CC(C)C[C@H](C)/C=C/[C@H](Cc1ccccc1)C(=O)N1CCC[C@H]1C(=O)N[C@H](C(=O)C[C@@H](CCCNC(=O)OC1CC(C)(C)N(O)C(C)(C)C1)C(=O)NC(C)C)C(C)C.[CH2-]CCC.[I][V][I]. The number of rotatable bonds is 21. The molecule has 1 aromatic carbocycles. The van der Waals surface area contributed by atoms with Gasteiger partial charge in [-0.2, -0.15) is 11.5 Å². The Labute approximate surface area is 422 Å². The van der Waals surface area contributed by atoms with Gasteiger partial charge < -0.3 is 37.7 Å². The van der Waals surface area contributed by atoms with E-state index in [1.54, 1.807) is 4.90 Å². The molecule has 15 heteroatoms. The number of halogens is 2. The second-order valence-electron chi connectivity index (χ2n) is 20.1. The van der Waals surface area contributed by atoms with Crippen molar-refractivity contribution in [3.05, 3.63) is 55.0 Å². The fraction of sp³-hybridized carbons (Fsp3) is 0.720. The van der Waals surface area contributed by atoms with Crippen molar-refractivity contribution in [3.8, 4) is 0 Å². The molecular weight excluding hydrogens is 1090 g/mol. The molecule has 2 fully saturated rings. The summed E-state index contributed by atoms with van der Waals surface area (Å²) in [6, 6.07) is 8.24. The summed E-state index contributed by atoms with van der Waals surface area (Å²) in [5, 5.41) is 20.6. The summed E-state index contributed by atoms with van der Waals surface area (Å²) in [5.74, 6) is -1.46. The molecule has 1 aromatic rings. The number of benzene rings is 1. The molecule has 0 spiro atoms. The zero-order valence-electron chi connectivity index (χ0n) is 41.6. The first-order valence-electron chi connectivity index (χ1n) is 23.8. The number of unbranched alkanes of at least 4 members (excludes halogenated alkanes) is 1. The Hall–Kier alpha value is -1.73. The first-order chi connectivity index (χ1) is 30.4. The summed E-state index contributed by atoms with van der Waals surface area (Å²) in [4.78, 5) is 70.0. The van der Waals surface area contributed by atoms with Crippen LogP contribution in [0, 0.1) is 36.5 Å². The van der Waals surface area contributed by atoms with Gasteiger partial charge in [0.2, 0.25) is 17.7 Å². The summed E-state index contributed by atoms with van der Waals surface area (Å²) in [7, 11) is 0.628. The third-order valence-electron chi connectivity index (χ3n) is 11.8. The number of allylic oxidation sites excluding steroid dienone is 1. The molecule has 0 aromatic heterocycles. The molecule has 65 heavy (non-hydrogen) atoms. The molecule has 0 unspecified atom stereocenters. The van der Waals surface area contributed by atoms with Crippen LogP contribution < -0.4 is 16.0 Å². The molecule has 4 N–H and O–H groups in total. The predicted octanol–water partition coefficient (Wildman–Crippen LogP) is 10.6. The van der Waals surface area contributed by atoms with Gasteiger partial charge in [0.1, 0.15) is 12.1 Å². The molecule has 2 aliphatic heterocycles. The van der Waals surface area contributed by atoms with Gasteiger partial charge in [0.05, 0.1) is 12.0 Å². The fourth-order valence-corrected chi connectivity index (χ4v) is 8.73. The van der Waals surface area contributed by atoms with Crippen LogP contribution in [0.1, 0.15) is 153 Å². The first-order valence-corrected chi connectivity index (χ1v) is 32.8. The van der Waals surface area contributed by atoms with Crippen LogP contribution in [0.3, 0.4) is 0 Å². The third kappa shape index (κ3) is 23.0. The number of ketones is 1. The van der Waals surface area contributed by atoms with Crippen LogP contribution in [0.4, 0.5) is 4.79 Å². The van der Waals surface area contributed by atoms with Crippen LogP contribution in [-0.2, 0) is 39.8 Å². The molecule has 2 saturated heterocycles. The standard InChI is InChI=1S/C46H75N5O7.C4H9.2HI.V/c1-30(2)25-33(7)21-22-36(26-34-17-13-12-14-18-34)43(55)50-24-16-20-38(50)42(54)49-40(31(3)4)39(52)27-35(41(53)48-32(5)6)19-15-23-47-44(56)58-37-28-45(8,9)51(57)46(10,11)29-37;1-3-4-2;;;/h12-14,17-18,21-22,30-33,35-38,40,57H,15-16,19-20,23-29H2,1-11H3,(H,47,56)(H,48,53)(H,49,54);1,3-4H2,2H3;2*1H;/q;-1;;;+2/p-2/b22-21+;;;;/t33-,35-,36-,38+,40+;;;;/m1..../s1. The molecule has 5 atom stereocenters. The molecule has 2 heterocycles. The summed E-state index contributed by atoms with van der Waals surface area (Å²) in [6.07, 6.45) is 9.86. The Balaban J connectivity index is 0.00000281. The van der Waals surface area contributed by atoms with Crippen molar-refractivity contribution in [2.24, 2.45) is 29.6 Å². The minimum absolute atomic E-state index is 0.0815. The number of carbonyl (C=O) groups is 5. The van der Waals surface area contributed by atoms with Crippen LogP contribution >= 0.6 is 40.0 Å². The molecule has 3 rings (SSSR count). The normalized spacial score (nSPS) is 19.0. The van der Waals surface area contributed by atoms with E-state index < -0.39 is 41.1 Å². The Morgan fingerprint density at radius 2 is 1.54 bits per heavy atom. The zero-order chi connectivity index (χ0) is 49.5. The van der Waals surface area contributed by atoms with E-state index in [9.17, 15) is 29.2 Å². The number of piperidine rings is 1. The number of alkyl carbamates (subject to hydrolysis) is 1. The number of nitrogens with zero attached hydrogens (tertiary/aromatic N) is 2. The fourth-order valence-electron chi connectivity index (χ4n) is 8.73. The van der Waals surface area contributed by atoms with Gasteiger partial charge in [-0.25, -0.2) is 4.79 Å². The molecule has 4 amide bonds. The van der Waals surface area contributed by atoms with Crippen molar-refractivity contribution in [2.75, 3.05) is 13.1 Å². The molecule has 0 saturated carbocycles. The summed E-state index contributed by atoms with van der Waals surface area (Å²) < 4.78 is 5.73. The van der Waals surface area contributed by atoms with Crippen molar-refractivity contribution in [2.45, 2.75) is 189 Å². The number of hydrogen-bond donors (Lipinski definition) is 4. The van der Waals surface area contributed by atoms with E-state index in [4.69, 9.17) is 4.74 Å². The molecular formula is C50H84I2N5O7V-. The van der Waals surface area contributed by atoms with Crippen molar-refractivity contribution in [1.82, 2.24) is 25.9 Å². The number of amides is 4. The van der Waals surface area contributed by atoms with E-state index in [-0.39, 0.29) is 54.5 Å². The Morgan fingerprint density at radius 3 is 2.06 bits per heavy atom. The molecule has 0 bridgehead atoms. The van der Waals surface area contributed by atoms with Gasteiger partial charge in [-0.05, 0) is 103 Å². The molecule has 371 valence electrons. The topological polar surface area (TPSA) is 157 Å². The van der Waals surface area contributed by atoms with E-state index >= 15 is 0 Å². The van der Waals surface area contributed by atoms with E-state index in [1.807, 2.05) is 91.8 Å². The summed E-state index contributed by atoms with van der Waals surface area (Å²) in [6.45, 7) is 28.0. The van der Waals surface area contributed by atoms with Gasteiger partial charge in [-0.15, -0.1) is 0 Å². The second kappa shape index (κ2) is 31.4. The maximum atomic E-state index is 14.2. The van der Waals surface area contributed by atoms with Crippen molar-refractivity contribution in [3.63, 3.8) is 0 Å². The van der Waals surface area contributed by atoms with Crippen molar-refractivity contribution in [1.29, 1.82) is 0 Å². The van der Waals surface area contributed by atoms with Gasteiger partial charge in [0.25, 0.3) is 0 Å². The minimum atomic E-state index is -0.844. The van der Waals surface area contributed by atoms with Crippen molar-refractivity contribution >= 4 is 69.6 Å². The second-order valence-corrected chi connectivity index (χ2v) is 31.9. The van der Waals surface area contributed by atoms with Crippen LogP contribution in [0.2, 0.25) is 0 Å². The quantitative estimate of drug-likeness (QED) is 0.0410. The van der Waals surface area contributed by atoms with Crippen LogP contribution in [0.25, 0.3) is 0 Å². The average Bonchev–Trinajstić information content (AvgIpc) is 3.71. The molecule has 2 aliphatic rings. The first kappa shape index (κ1) is 61.3. The number of ether oxygens (including phenoxy) is 1. The van der Waals surface area contributed by atoms with Gasteiger partial charge in [-0.1, -0.05) is 90.4 Å². The van der Waals surface area contributed by atoms with Gasteiger partial charge in [-0.3, -0.25) is 19.2 Å². The third-order valence-corrected chi connectivity index (χ3v) is 11.8. The van der Waals surface area contributed by atoms with Crippen LogP contribution in [0.5, 0.6) is 0 Å². The number of hydroxylamine groups is 2. The summed E-state index contributed by atoms with van der Waals surface area (Å²) >= 11 is 4.74. The van der Waals surface area contributed by atoms with E-state index in [2.05, 4.69) is 96.6 Å². The van der Waals surface area contributed by atoms with E-state index in [0.717, 1.165) is 18.4 Å². The number of carbonyl (C=O) groups excluding carboxylic acids is 5. The molecule has 0 radical (unpaired) electrons. The molecule has 0 aliphatic carbocycles. The van der Waals surface area contributed by atoms with Crippen LogP contribution in [-0.4, -0.2) is 93.2 Å². The Kier molecular flexibility index (Phi) is 29.6. The number of nitrogens with one attached hydrogen (secondary N) is 3.